The molecule has 1 N–H and O–H groups in total. The molecule has 1 aromatic heterocycles. The number of carbonyl (C=O) groups excluding carboxylic acids is 1. The summed E-state index contributed by atoms with van der Waals surface area (Å²) in [6, 6.07) is 15.9. The molecule has 3 aromatic rings. The van der Waals surface area contributed by atoms with Crippen LogP contribution in [0.1, 0.15) is 42.0 Å². The monoisotopic (exact) mass is 432 g/mol. The number of methoxy groups -OCH3 is 1. The third kappa shape index (κ3) is 3.74. The lowest BCUT2D eigenvalue weighted by Gasteiger charge is -2.32. The van der Waals surface area contributed by atoms with Crippen molar-refractivity contribution >= 4 is 23.5 Å². The fourth-order valence-corrected chi connectivity index (χ4v) is 5.11. The zero-order valence-electron chi connectivity index (χ0n) is 17.6. The molecule has 1 aliphatic carbocycles. The Balaban J connectivity index is 1.50. The van der Waals surface area contributed by atoms with E-state index in [4.69, 9.17) is 14.8 Å². The predicted octanol–water partition coefficient (Wildman–Crippen LogP) is 4.91. The Labute approximate surface area is 185 Å². The number of allylic oxidation sites excluding steroid dienone is 2. The smallest absolute Gasteiger partial charge is 0.227 e. The van der Waals surface area contributed by atoms with Gasteiger partial charge in [0.25, 0.3) is 0 Å². The Morgan fingerprint density at radius 3 is 2.74 bits per heavy atom. The molecular formula is C24H24N4O2S. The number of fused-ring (bicyclic) bond motifs is 1. The molecule has 158 valence electrons. The number of thioether (sulfide) groups is 1. The number of Topliss-reactive ketones (excluding diaryl/α,β-unsaturated/α-hetero) is 1. The minimum atomic E-state index is -0.273. The average Bonchev–Trinajstić information content (AvgIpc) is 3.20. The summed E-state index contributed by atoms with van der Waals surface area (Å²) in [7, 11) is 1.65. The highest BCUT2D eigenvalue weighted by Crippen LogP contribution is 2.41. The zero-order chi connectivity index (χ0) is 21.4. The number of anilines is 1. The summed E-state index contributed by atoms with van der Waals surface area (Å²) in [5, 5.41) is 8.91. The first-order chi connectivity index (χ1) is 15.1. The van der Waals surface area contributed by atoms with Gasteiger partial charge in [0.15, 0.2) is 5.78 Å². The second-order valence-corrected chi connectivity index (χ2v) is 8.79. The SMILES string of the molecule is COc1ccc([C@@H]2C3=C(CCCC3=O)Nc3nc(SCc4ccccc4C)nn32)cc1. The van der Waals surface area contributed by atoms with Crippen LogP contribution in [0.2, 0.25) is 0 Å². The van der Waals surface area contributed by atoms with Crippen LogP contribution in [0, 0.1) is 6.92 Å². The number of ketones is 1. The Morgan fingerprint density at radius 2 is 1.97 bits per heavy atom. The van der Waals surface area contributed by atoms with E-state index in [9.17, 15) is 4.79 Å². The molecule has 31 heavy (non-hydrogen) atoms. The van der Waals surface area contributed by atoms with Crippen LogP contribution >= 0.6 is 11.8 Å². The maximum absolute atomic E-state index is 12.9. The van der Waals surface area contributed by atoms with E-state index in [2.05, 4.69) is 30.4 Å². The Bertz CT molecular complexity index is 1170. The summed E-state index contributed by atoms with van der Waals surface area (Å²) in [6.45, 7) is 2.12. The van der Waals surface area contributed by atoms with Crippen molar-refractivity contribution in [2.45, 2.75) is 43.1 Å². The molecule has 6 nitrogen and oxygen atoms in total. The van der Waals surface area contributed by atoms with Gasteiger partial charge >= 0.3 is 0 Å². The van der Waals surface area contributed by atoms with Gasteiger partial charge in [0, 0.05) is 23.4 Å². The molecule has 2 aromatic carbocycles. The highest BCUT2D eigenvalue weighted by Gasteiger charge is 2.36. The highest BCUT2D eigenvalue weighted by atomic mass is 32.2. The summed E-state index contributed by atoms with van der Waals surface area (Å²) in [4.78, 5) is 17.7. The average molecular weight is 433 g/mol. The number of hydrogen-bond acceptors (Lipinski definition) is 6. The number of hydrogen-bond donors (Lipinski definition) is 1. The van der Waals surface area contributed by atoms with Gasteiger partial charge in [-0.3, -0.25) is 4.79 Å². The van der Waals surface area contributed by atoms with Crippen LogP contribution in [-0.2, 0) is 10.5 Å². The maximum atomic E-state index is 12.9. The first-order valence-electron chi connectivity index (χ1n) is 10.4. The minimum Gasteiger partial charge on any atom is -0.497 e. The molecule has 7 heteroatoms. The quantitative estimate of drug-likeness (QED) is 0.578. The van der Waals surface area contributed by atoms with Crippen molar-refractivity contribution in [3.05, 3.63) is 76.5 Å². The third-order valence-electron chi connectivity index (χ3n) is 5.90. The second-order valence-electron chi connectivity index (χ2n) is 7.85. The summed E-state index contributed by atoms with van der Waals surface area (Å²) >= 11 is 1.61. The largest absolute Gasteiger partial charge is 0.497 e. The Morgan fingerprint density at radius 1 is 1.16 bits per heavy atom. The van der Waals surface area contributed by atoms with Gasteiger partial charge in [-0.25, -0.2) is 4.68 Å². The van der Waals surface area contributed by atoms with E-state index in [0.29, 0.717) is 17.5 Å². The molecule has 0 fully saturated rings. The number of rotatable bonds is 5. The van der Waals surface area contributed by atoms with Gasteiger partial charge in [0.1, 0.15) is 11.8 Å². The number of nitrogens with one attached hydrogen (secondary N) is 1. The van der Waals surface area contributed by atoms with E-state index in [-0.39, 0.29) is 11.8 Å². The van der Waals surface area contributed by atoms with Gasteiger partial charge in [-0.1, -0.05) is 48.2 Å². The molecule has 0 bridgehead atoms. The summed E-state index contributed by atoms with van der Waals surface area (Å²) in [5.74, 6) is 2.47. The van der Waals surface area contributed by atoms with Gasteiger partial charge in [-0.2, -0.15) is 4.98 Å². The minimum absolute atomic E-state index is 0.185. The van der Waals surface area contributed by atoms with E-state index in [0.717, 1.165) is 41.2 Å². The van der Waals surface area contributed by atoms with E-state index in [1.807, 2.05) is 35.0 Å². The van der Waals surface area contributed by atoms with Crippen LogP contribution in [-0.4, -0.2) is 27.7 Å². The molecular weight excluding hydrogens is 408 g/mol. The number of nitrogens with zero attached hydrogens (tertiary/aromatic N) is 3. The molecule has 2 aliphatic rings. The first kappa shape index (κ1) is 19.9. The summed E-state index contributed by atoms with van der Waals surface area (Å²) < 4.78 is 7.18. The zero-order valence-corrected chi connectivity index (χ0v) is 18.4. The molecule has 5 rings (SSSR count). The highest BCUT2D eigenvalue weighted by molar-refractivity contribution is 7.98. The van der Waals surface area contributed by atoms with Crippen molar-refractivity contribution in [2.24, 2.45) is 0 Å². The standard InChI is InChI=1S/C24H24N4O2S/c1-15-6-3-4-7-17(15)14-31-24-26-23-25-19-8-5-9-20(29)21(19)22(28(23)27-24)16-10-12-18(30-2)13-11-16/h3-4,6-7,10-13,22H,5,8-9,14H2,1-2H3,(H,25,26,27)/t22-/m1/s1. The molecule has 0 unspecified atom stereocenters. The molecule has 1 atom stereocenters. The van der Waals surface area contributed by atoms with Crippen LogP contribution in [0.3, 0.4) is 0 Å². The number of aryl methyl sites for hydroxylation is 1. The molecule has 0 amide bonds. The van der Waals surface area contributed by atoms with Crippen molar-refractivity contribution in [1.82, 2.24) is 14.8 Å². The van der Waals surface area contributed by atoms with Crippen LogP contribution in [0.4, 0.5) is 5.95 Å². The van der Waals surface area contributed by atoms with Gasteiger partial charge in [-0.15, -0.1) is 5.10 Å². The fourth-order valence-electron chi connectivity index (χ4n) is 4.21. The van der Waals surface area contributed by atoms with E-state index < -0.39 is 0 Å². The first-order valence-corrected chi connectivity index (χ1v) is 11.4. The summed E-state index contributed by atoms with van der Waals surface area (Å²) in [5.41, 5.74) is 5.33. The van der Waals surface area contributed by atoms with Crippen LogP contribution < -0.4 is 10.1 Å². The van der Waals surface area contributed by atoms with Crippen LogP contribution in [0.5, 0.6) is 5.75 Å². The van der Waals surface area contributed by atoms with Crippen molar-refractivity contribution in [1.29, 1.82) is 0 Å². The lowest BCUT2D eigenvalue weighted by molar-refractivity contribution is -0.116. The maximum Gasteiger partial charge on any atom is 0.227 e. The van der Waals surface area contributed by atoms with E-state index >= 15 is 0 Å². The predicted molar refractivity (Wildman–Crippen MR) is 121 cm³/mol. The van der Waals surface area contributed by atoms with Gasteiger partial charge in [0.05, 0.1) is 7.11 Å². The van der Waals surface area contributed by atoms with Crippen molar-refractivity contribution in [3.8, 4) is 5.75 Å². The Kier molecular flexibility index (Phi) is 5.28. The van der Waals surface area contributed by atoms with E-state index in [1.54, 1.807) is 18.9 Å². The molecule has 0 spiro atoms. The van der Waals surface area contributed by atoms with Crippen molar-refractivity contribution < 1.29 is 9.53 Å². The molecule has 0 saturated heterocycles. The van der Waals surface area contributed by atoms with Gasteiger partial charge in [0.2, 0.25) is 11.1 Å². The number of ether oxygens (including phenoxy) is 1. The molecule has 1 aliphatic heterocycles. The normalized spacial score (nSPS) is 17.7. The number of benzene rings is 2. The third-order valence-corrected chi connectivity index (χ3v) is 6.78. The lowest BCUT2D eigenvalue weighted by Crippen LogP contribution is -2.31. The van der Waals surface area contributed by atoms with E-state index in [1.165, 1.54) is 11.1 Å². The van der Waals surface area contributed by atoms with Gasteiger partial charge < -0.3 is 10.1 Å². The molecule has 0 radical (unpaired) electrons. The van der Waals surface area contributed by atoms with Crippen molar-refractivity contribution in [2.75, 3.05) is 12.4 Å². The van der Waals surface area contributed by atoms with Crippen LogP contribution in [0.25, 0.3) is 0 Å². The lowest BCUT2D eigenvalue weighted by atomic mass is 9.85. The molecule has 0 saturated carbocycles. The van der Waals surface area contributed by atoms with Gasteiger partial charge in [-0.05, 0) is 48.6 Å². The topological polar surface area (TPSA) is 69.0 Å². The number of carbonyl (C=O) groups is 1. The number of aromatic nitrogens is 3. The van der Waals surface area contributed by atoms with Crippen LogP contribution in [0.15, 0.2) is 65.0 Å². The van der Waals surface area contributed by atoms with Crippen molar-refractivity contribution in [3.63, 3.8) is 0 Å². The fraction of sp³-hybridized carbons (Fsp3) is 0.292. The summed E-state index contributed by atoms with van der Waals surface area (Å²) in [6.07, 6.45) is 2.29. The molecule has 2 heterocycles. The second kappa shape index (κ2) is 8.23. The Hall–Kier alpha value is -3.06.